The molecular formula is C27H29F3N2O6S2. The van der Waals surface area contributed by atoms with Gasteiger partial charge in [0.15, 0.2) is 0 Å². The summed E-state index contributed by atoms with van der Waals surface area (Å²) in [5.41, 5.74) is -6.29. The topological polar surface area (TPSA) is 95.0 Å². The summed E-state index contributed by atoms with van der Waals surface area (Å²) in [6.45, 7) is 6.01. The molecule has 1 aromatic heterocycles. The Bertz CT molecular complexity index is 1380. The third-order valence-corrected chi connectivity index (χ3v) is 10.6. The number of halogens is 3. The minimum atomic E-state index is -6.04. The molecule has 4 rings (SSSR count). The van der Waals surface area contributed by atoms with Crippen molar-refractivity contribution in [2.75, 3.05) is 13.2 Å². The van der Waals surface area contributed by atoms with Gasteiger partial charge in [-0.2, -0.15) is 25.2 Å². The summed E-state index contributed by atoms with van der Waals surface area (Å²) in [6.07, 6.45) is 1.56. The molecule has 1 amide bonds. The molecule has 1 aliphatic rings. The Labute approximate surface area is 232 Å². The van der Waals surface area contributed by atoms with Crippen LogP contribution in [0.25, 0.3) is 0 Å². The summed E-state index contributed by atoms with van der Waals surface area (Å²) in [5, 5.41) is -0.0240. The van der Waals surface area contributed by atoms with Gasteiger partial charge in [-0.25, -0.2) is 9.78 Å². The van der Waals surface area contributed by atoms with E-state index in [4.69, 9.17) is 13.1 Å². The van der Waals surface area contributed by atoms with Crippen LogP contribution in [0.5, 0.6) is 5.75 Å². The van der Waals surface area contributed by atoms with E-state index in [1.165, 1.54) is 42.6 Å². The van der Waals surface area contributed by atoms with Gasteiger partial charge in [0.1, 0.15) is 23.0 Å². The molecule has 0 N–H and O–H groups in total. The van der Waals surface area contributed by atoms with E-state index >= 15 is 0 Å². The number of benzene rings is 2. The van der Waals surface area contributed by atoms with E-state index in [2.05, 4.69) is 4.98 Å². The molecule has 1 saturated heterocycles. The number of ether oxygens (including phenoxy) is 2. The summed E-state index contributed by atoms with van der Waals surface area (Å²) in [4.78, 5) is 18.7. The molecule has 0 radical (unpaired) electrons. The number of alkyl halides is 3. The van der Waals surface area contributed by atoms with Gasteiger partial charge in [-0.1, -0.05) is 36.4 Å². The van der Waals surface area contributed by atoms with Crippen LogP contribution in [0.3, 0.4) is 0 Å². The fourth-order valence-electron chi connectivity index (χ4n) is 3.88. The Hall–Kier alpha value is -3.29. The van der Waals surface area contributed by atoms with Crippen LogP contribution in [0, 0.1) is 0 Å². The van der Waals surface area contributed by atoms with E-state index in [0.29, 0.717) is 13.0 Å². The van der Waals surface area contributed by atoms with E-state index in [0.717, 1.165) is 0 Å². The number of rotatable bonds is 8. The van der Waals surface area contributed by atoms with E-state index < -0.39 is 37.6 Å². The second kappa shape index (κ2) is 11.3. The monoisotopic (exact) mass is 598 g/mol. The number of aromatic nitrogens is 1. The molecular weight excluding hydrogens is 569 g/mol. The number of carbonyl (C=O) groups excluding carboxylic acids is 1. The number of likely N-dealkylation sites (tertiary alicyclic amines) is 1. The van der Waals surface area contributed by atoms with Gasteiger partial charge in [0, 0.05) is 16.3 Å². The minimum absolute atomic E-state index is 0.0240. The van der Waals surface area contributed by atoms with E-state index in [1.54, 1.807) is 62.1 Å². The van der Waals surface area contributed by atoms with Gasteiger partial charge < -0.3 is 14.4 Å². The van der Waals surface area contributed by atoms with Crippen molar-refractivity contribution in [1.82, 2.24) is 9.88 Å². The molecule has 0 aliphatic carbocycles. The van der Waals surface area contributed by atoms with Crippen LogP contribution >= 0.6 is 10.3 Å². The molecule has 1 aliphatic heterocycles. The lowest BCUT2D eigenvalue weighted by Gasteiger charge is -2.41. The van der Waals surface area contributed by atoms with E-state index in [1.807, 2.05) is 0 Å². The van der Waals surface area contributed by atoms with Crippen LogP contribution in [0.2, 0.25) is 0 Å². The number of hydrogen-bond acceptors (Lipinski definition) is 7. The van der Waals surface area contributed by atoms with Gasteiger partial charge in [-0.05, 0) is 73.9 Å². The predicted molar refractivity (Wildman–Crippen MR) is 142 cm³/mol. The molecule has 0 bridgehead atoms. The van der Waals surface area contributed by atoms with Gasteiger partial charge in [0.25, 0.3) is 0 Å². The molecule has 2 heterocycles. The van der Waals surface area contributed by atoms with Crippen LogP contribution in [-0.2, 0) is 18.5 Å². The fraction of sp³-hybridized carbons (Fsp3) is 0.333. The molecule has 8 nitrogen and oxygen atoms in total. The Kier molecular flexibility index (Phi) is 8.38. The van der Waals surface area contributed by atoms with Crippen molar-refractivity contribution in [3.8, 4) is 5.75 Å². The third kappa shape index (κ3) is 6.37. The number of nitrogens with zero attached hydrogens (tertiary/aromatic N) is 2. The molecule has 0 unspecified atom stereocenters. The number of carbonyl (C=O) groups is 1. The average molecular weight is 599 g/mol. The molecule has 3 aromatic rings. The van der Waals surface area contributed by atoms with Gasteiger partial charge in [0.2, 0.25) is 0 Å². The van der Waals surface area contributed by atoms with Crippen LogP contribution < -0.4 is 4.74 Å². The SMILES string of the molecule is CC(C)(C)OC(=O)N1CC[C@H]1COc1ccc(S(OS(=O)(=O)C(F)(F)F)(c2ccccc2)c2ccccc2)nc1. The molecule has 0 spiro atoms. The normalized spacial score (nSPS) is 16.6. The smallest absolute Gasteiger partial charge is 0.490 e. The summed E-state index contributed by atoms with van der Waals surface area (Å²) >= 11 is 0. The predicted octanol–water partition coefficient (Wildman–Crippen LogP) is 6.53. The molecule has 2 aromatic carbocycles. The number of hydrogen-bond donors (Lipinski definition) is 0. The van der Waals surface area contributed by atoms with Crippen molar-refractivity contribution in [2.24, 2.45) is 0 Å². The Morgan fingerprint density at radius 1 is 0.950 bits per heavy atom. The second-order valence-electron chi connectivity index (χ2n) is 9.91. The lowest BCUT2D eigenvalue weighted by Crippen LogP contribution is -2.55. The Balaban J connectivity index is 1.66. The first-order valence-electron chi connectivity index (χ1n) is 12.3. The van der Waals surface area contributed by atoms with E-state index in [-0.39, 0.29) is 33.2 Å². The van der Waals surface area contributed by atoms with Crippen molar-refractivity contribution in [1.29, 1.82) is 0 Å². The molecule has 0 saturated carbocycles. The number of pyridine rings is 1. The zero-order chi connectivity index (χ0) is 29.2. The summed E-state index contributed by atoms with van der Waals surface area (Å²) in [5.74, 6) is 0.285. The number of amides is 1. The zero-order valence-corrected chi connectivity index (χ0v) is 23.6. The van der Waals surface area contributed by atoms with Crippen molar-refractivity contribution in [2.45, 2.75) is 59.2 Å². The highest BCUT2D eigenvalue weighted by Gasteiger charge is 2.53. The van der Waals surface area contributed by atoms with Gasteiger partial charge >= 0.3 is 21.7 Å². The zero-order valence-electron chi connectivity index (χ0n) is 22.0. The first kappa shape index (κ1) is 29.7. The maximum atomic E-state index is 13.6. The van der Waals surface area contributed by atoms with Crippen LogP contribution in [-0.4, -0.2) is 54.7 Å². The molecule has 216 valence electrons. The standard InChI is InChI=1S/C27H29F3N2O6S2/c1-26(2,3)37-25(33)32-17-16-20(32)19-36-21-14-15-24(31-18-21)39(22-10-6-4-7-11-22,23-12-8-5-9-13-23)38-40(34,35)27(28,29)30/h4-15,18,20H,16-17,19H2,1-3H3/t20-/m0/s1. The van der Waals surface area contributed by atoms with Gasteiger partial charge in [0.05, 0.1) is 12.2 Å². The molecule has 1 atom stereocenters. The molecule has 40 heavy (non-hydrogen) atoms. The first-order valence-corrected chi connectivity index (χ1v) is 15.2. The largest absolute Gasteiger partial charge is 0.524 e. The maximum Gasteiger partial charge on any atom is 0.524 e. The summed E-state index contributed by atoms with van der Waals surface area (Å²) in [7, 11) is -9.53. The van der Waals surface area contributed by atoms with Crippen LogP contribution in [0.15, 0.2) is 93.8 Å². The maximum absolute atomic E-state index is 13.6. The minimum Gasteiger partial charge on any atom is -0.490 e. The highest BCUT2D eigenvalue weighted by molar-refractivity contribution is 8.33. The third-order valence-electron chi connectivity index (χ3n) is 5.84. The lowest BCUT2D eigenvalue weighted by molar-refractivity contribution is -0.0496. The van der Waals surface area contributed by atoms with Crippen LogP contribution in [0.4, 0.5) is 18.0 Å². The van der Waals surface area contributed by atoms with E-state index in [9.17, 15) is 26.4 Å². The van der Waals surface area contributed by atoms with Gasteiger partial charge in [-0.3, -0.25) is 0 Å². The second-order valence-corrected chi connectivity index (χ2v) is 14.3. The van der Waals surface area contributed by atoms with Crippen molar-refractivity contribution >= 4 is 26.5 Å². The van der Waals surface area contributed by atoms with Crippen molar-refractivity contribution < 1.29 is 39.5 Å². The average Bonchev–Trinajstić information content (AvgIpc) is 2.86. The quantitative estimate of drug-likeness (QED) is 0.272. The van der Waals surface area contributed by atoms with Gasteiger partial charge in [-0.15, -0.1) is 0 Å². The lowest BCUT2D eigenvalue weighted by atomic mass is 10.1. The summed E-state index contributed by atoms with van der Waals surface area (Å²) < 4.78 is 82.0. The molecule has 1 fully saturated rings. The van der Waals surface area contributed by atoms with Crippen molar-refractivity contribution in [3.05, 3.63) is 79.0 Å². The van der Waals surface area contributed by atoms with Crippen LogP contribution in [0.1, 0.15) is 27.2 Å². The van der Waals surface area contributed by atoms with Crippen molar-refractivity contribution in [3.63, 3.8) is 0 Å². The highest BCUT2D eigenvalue weighted by atomic mass is 32.3. The fourth-order valence-corrected chi connectivity index (χ4v) is 8.47. The highest BCUT2D eigenvalue weighted by Crippen LogP contribution is 2.70. The molecule has 13 heteroatoms. The summed E-state index contributed by atoms with van der Waals surface area (Å²) in [6, 6.07) is 18.3. The Morgan fingerprint density at radius 3 is 1.95 bits per heavy atom. The Morgan fingerprint density at radius 2 is 1.52 bits per heavy atom. The first-order chi connectivity index (χ1) is 18.7.